The molecule has 0 aromatic heterocycles. The Labute approximate surface area is 193 Å². The molecule has 169 valence electrons. The molecule has 1 radical (unpaired) electrons. The summed E-state index contributed by atoms with van der Waals surface area (Å²) >= 11 is 0. The molecular formula is C27H28N3O3. The predicted octanol–water partition coefficient (Wildman–Crippen LogP) is 1.95. The number of rotatable bonds is 7. The van der Waals surface area contributed by atoms with E-state index < -0.39 is 5.97 Å². The van der Waals surface area contributed by atoms with Crippen molar-refractivity contribution in [1.29, 1.82) is 0 Å². The number of hydrogen-bond acceptors (Lipinski definition) is 5. The molecule has 1 amide bonds. The van der Waals surface area contributed by atoms with Gasteiger partial charge in [0.1, 0.15) is 0 Å². The number of amides is 1. The van der Waals surface area contributed by atoms with E-state index in [-0.39, 0.29) is 5.91 Å². The summed E-state index contributed by atoms with van der Waals surface area (Å²) in [6, 6.07) is 16.2. The molecule has 0 N–H and O–H groups in total. The van der Waals surface area contributed by atoms with E-state index in [1.54, 1.807) is 12.3 Å². The lowest BCUT2D eigenvalue weighted by atomic mass is 9.95. The van der Waals surface area contributed by atoms with Crippen LogP contribution in [0.4, 0.5) is 0 Å². The fourth-order valence-corrected chi connectivity index (χ4v) is 4.05. The molecule has 0 fully saturated rings. The molecule has 3 aromatic rings. The van der Waals surface area contributed by atoms with Crippen LogP contribution >= 0.6 is 0 Å². The van der Waals surface area contributed by atoms with Gasteiger partial charge in [-0.2, -0.15) is 0 Å². The number of benzene rings is 3. The van der Waals surface area contributed by atoms with Gasteiger partial charge in [0.15, 0.2) is 0 Å². The highest BCUT2D eigenvalue weighted by Crippen LogP contribution is 2.25. The maximum atomic E-state index is 12.4. The first kappa shape index (κ1) is 22.7. The zero-order valence-electron chi connectivity index (χ0n) is 19.5. The second-order valence-electron chi connectivity index (χ2n) is 8.66. The van der Waals surface area contributed by atoms with Crippen LogP contribution in [0.15, 0.2) is 48.5 Å². The molecule has 1 aliphatic heterocycles. The fraction of sp³-hybridized carbons (Fsp3) is 0.259. The first-order valence-corrected chi connectivity index (χ1v) is 10.9. The molecule has 0 saturated heterocycles. The number of methoxy groups -OCH3 is 1. The lowest BCUT2D eigenvalue weighted by molar-refractivity contribution is -0.114. The number of carbonyl (C=O) groups is 2. The zero-order valence-corrected chi connectivity index (χ0v) is 19.5. The quantitative estimate of drug-likeness (QED) is 0.524. The number of likely N-dealkylation sites (N-methyl/N-ethyl adjacent to an activating group) is 2. The average Bonchev–Trinajstić information content (AvgIpc) is 2.81. The maximum absolute atomic E-state index is 12.4. The summed E-state index contributed by atoms with van der Waals surface area (Å²) in [6.45, 7) is 2.92. The fourth-order valence-electron chi connectivity index (χ4n) is 4.05. The molecule has 33 heavy (non-hydrogen) atoms. The van der Waals surface area contributed by atoms with Gasteiger partial charge in [0.2, 0.25) is 0 Å². The van der Waals surface area contributed by atoms with Crippen molar-refractivity contribution in [3.05, 3.63) is 70.1 Å². The summed E-state index contributed by atoms with van der Waals surface area (Å²) in [5, 5.41) is 7.09. The Balaban J connectivity index is 1.70. The molecule has 0 aliphatic carbocycles. The van der Waals surface area contributed by atoms with E-state index >= 15 is 0 Å². The SMILES string of the molecule is COC(=O)c1cc2c(c3cc(-c4ccc(CN(C)CCN(C)C)cc4)ccc13)=C[N]C(=O)C=2. The van der Waals surface area contributed by atoms with Crippen LogP contribution in [0.2, 0.25) is 0 Å². The van der Waals surface area contributed by atoms with Crippen molar-refractivity contribution in [2.75, 3.05) is 41.3 Å². The van der Waals surface area contributed by atoms with Crippen molar-refractivity contribution in [2.45, 2.75) is 6.54 Å². The van der Waals surface area contributed by atoms with Gasteiger partial charge in [0, 0.05) is 37.1 Å². The van der Waals surface area contributed by atoms with Crippen LogP contribution in [-0.2, 0) is 16.1 Å². The van der Waals surface area contributed by atoms with Crippen molar-refractivity contribution in [1.82, 2.24) is 15.1 Å². The third-order valence-corrected chi connectivity index (χ3v) is 5.88. The summed E-state index contributed by atoms with van der Waals surface area (Å²) in [4.78, 5) is 28.7. The van der Waals surface area contributed by atoms with E-state index in [4.69, 9.17) is 4.74 Å². The van der Waals surface area contributed by atoms with Gasteiger partial charge in [0.05, 0.1) is 12.7 Å². The van der Waals surface area contributed by atoms with Gasteiger partial charge in [-0.15, -0.1) is 0 Å². The monoisotopic (exact) mass is 442 g/mol. The Hall–Kier alpha value is -3.48. The average molecular weight is 443 g/mol. The van der Waals surface area contributed by atoms with Crippen LogP contribution in [-0.4, -0.2) is 63.0 Å². The van der Waals surface area contributed by atoms with Crippen LogP contribution in [0.25, 0.3) is 34.2 Å². The second-order valence-corrected chi connectivity index (χ2v) is 8.66. The number of carbonyl (C=O) groups excluding carboxylic acids is 2. The topological polar surface area (TPSA) is 64.0 Å². The molecule has 1 heterocycles. The van der Waals surface area contributed by atoms with Gasteiger partial charge < -0.3 is 14.5 Å². The molecule has 0 spiro atoms. The minimum absolute atomic E-state index is 0.333. The van der Waals surface area contributed by atoms with Crippen LogP contribution in [0.5, 0.6) is 0 Å². The minimum atomic E-state index is -0.429. The molecule has 6 heteroatoms. The van der Waals surface area contributed by atoms with Crippen molar-refractivity contribution in [3.8, 4) is 11.1 Å². The van der Waals surface area contributed by atoms with Gasteiger partial charge >= 0.3 is 5.97 Å². The highest BCUT2D eigenvalue weighted by molar-refractivity contribution is 6.10. The van der Waals surface area contributed by atoms with Crippen molar-refractivity contribution in [2.24, 2.45) is 0 Å². The molecular weight excluding hydrogens is 414 g/mol. The maximum Gasteiger partial charge on any atom is 0.338 e. The van der Waals surface area contributed by atoms with Crippen LogP contribution in [0, 0.1) is 0 Å². The Morgan fingerprint density at radius 2 is 1.67 bits per heavy atom. The highest BCUT2D eigenvalue weighted by Gasteiger charge is 2.15. The summed E-state index contributed by atoms with van der Waals surface area (Å²) in [5.74, 6) is -0.762. The first-order valence-electron chi connectivity index (χ1n) is 10.9. The standard InChI is InChI=1S/C27H28N3O3/c1-29(2)11-12-30(3)17-18-5-7-19(8-6-18)20-9-10-22-23(13-20)25-16-28-26(31)15-21(25)14-24(22)27(32)33-4/h5-10,13-16H,11-12,17H2,1-4H3. The van der Waals surface area contributed by atoms with E-state index in [1.807, 2.05) is 12.1 Å². The van der Waals surface area contributed by atoms with Crippen LogP contribution < -0.4 is 15.8 Å². The number of hydrogen-bond donors (Lipinski definition) is 0. The van der Waals surface area contributed by atoms with Gasteiger partial charge in [-0.3, -0.25) is 4.79 Å². The molecule has 1 aliphatic rings. The van der Waals surface area contributed by atoms with Crippen molar-refractivity contribution >= 4 is 34.9 Å². The first-order chi connectivity index (χ1) is 15.9. The molecule has 0 unspecified atom stereocenters. The molecule has 4 rings (SSSR count). The van der Waals surface area contributed by atoms with E-state index in [0.717, 1.165) is 46.8 Å². The Morgan fingerprint density at radius 3 is 2.36 bits per heavy atom. The summed E-state index contributed by atoms with van der Waals surface area (Å²) in [6.07, 6.45) is 3.03. The lowest BCUT2D eigenvalue weighted by Gasteiger charge is -2.19. The smallest absolute Gasteiger partial charge is 0.338 e. The molecule has 3 aromatic carbocycles. The Bertz CT molecular complexity index is 1330. The zero-order chi connectivity index (χ0) is 23.5. The van der Waals surface area contributed by atoms with E-state index in [0.29, 0.717) is 10.8 Å². The van der Waals surface area contributed by atoms with E-state index in [1.165, 1.54) is 18.7 Å². The normalized spacial score (nSPS) is 12.8. The number of ether oxygens (including phenoxy) is 1. The Morgan fingerprint density at radius 1 is 0.939 bits per heavy atom. The van der Waals surface area contributed by atoms with E-state index in [2.05, 4.69) is 66.6 Å². The van der Waals surface area contributed by atoms with Gasteiger partial charge in [0.25, 0.3) is 5.91 Å². The highest BCUT2D eigenvalue weighted by atomic mass is 16.5. The van der Waals surface area contributed by atoms with Crippen molar-refractivity contribution < 1.29 is 14.3 Å². The van der Waals surface area contributed by atoms with Crippen LogP contribution in [0.3, 0.4) is 0 Å². The molecule has 0 bridgehead atoms. The lowest BCUT2D eigenvalue weighted by Crippen LogP contribution is -2.34. The number of esters is 1. The van der Waals surface area contributed by atoms with Crippen molar-refractivity contribution in [3.63, 3.8) is 0 Å². The summed E-state index contributed by atoms with van der Waals surface area (Å²) in [5.41, 5.74) is 3.81. The number of fused-ring (bicyclic) bond motifs is 3. The molecule has 6 nitrogen and oxygen atoms in total. The minimum Gasteiger partial charge on any atom is -0.465 e. The van der Waals surface area contributed by atoms with Gasteiger partial charge in [-0.25, -0.2) is 10.1 Å². The van der Waals surface area contributed by atoms with E-state index in [9.17, 15) is 9.59 Å². The predicted molar refractivity (Wildman–Crippen MR) is 131 cm³/mol. The van der Waals surface area contributed by atoms with Gasteiger partial charge in [-0.05, 0) is 66.0 Å². The number of nitrogens with zero attached hydrogens (tertiary/aromatic N) is 3. The third kappa shape index (κ3) is 4.97. The second kappa shape index (κ2) is 9.57. The molecule has 0 atom stereocenters. The molecule has 0 saturated carbocycles. The largest absolute Gasteiger partial charge is 0.465 e. The summed E-state index contributed by atoms with van der Waals surface area (Å²) < 4.78 is 4.97. The summed E-state index contributed by atoms with van der Waals surface area (Å²) in [7, 11) is 7.66. The Kier molecular flexibility index (Phi) is 6.58. The third-order valence-electron chi connectivity index (χ3n) is 5.88. The van der Waals surface area contributed by atoms with Gasteiger partial charge in [-0.1, -0.05) is 36.4 Å². The van der Waals surface area contributed by atoms with Crippen LogP contribution in [0.1, 0.15) is 15.9 Å².